The van der Waals surface area contributed by atoms with Crippen LogP contribution in [0.25, 0.3) is 0 Å². The largest absolute Gasteiger partial charge is 0.455 e. The second kappa shape index (κ2) is 7.43. The summed E-state index contributed by atoms with van der Waals surface area (Å²) in [4.78, 5) is 27.0. The SMILES string of the molecule is O=C(COC(=O)C1(c2ccccc2)CC1)Nc1ccc(N2CCCC2)cc1. The van der Waals surface area contributed by atoms with Crippen molar-refractivity contribution in [1.82, 2.24) is 0 Å². The van der Waals surface area contributed by atoms with E-state index in [1.807, 2.05) is 54.6 Å². The first-order chi connectivity index (χ1) is 13.2. The fourth-order valence-electron chi connectivity index (χ4n) is 3.69. The van der Waals surface area contributed by atoms with Gasteiger partial charge in [-0.15, -0.1) is 0 Å². The average molecular weight is 364 g/mol. The average Bonchev–Trinajstić information content (AvgIpc) is 3.34. The molecule has 1 heterocycles. The summed E-state index contributed by atoms with van der Waals surface area (Å²) < 4.78 is 5.30. The van der Waals surface area contributed by atoms with E-state index in [4.69, 9.17) is 4.74 Å². The maximum Gasteiger partial charge on any atom is 0.317 e. The number of hydrogen-bond donors (Lipinski definition) is 1. The molecule has 1 saturated heterocycles. The van der Waals surface area contributed by atoms with Crippen molar-refractivity contribution in [2.45, 2.75) is 31.1 Å². The minimum atomic E-state index is -0.557. The molecule has 2 aromatic rings. The van der Waals surface area contributed by atoms with Crippen molar-refractivity contribution in [3.05, 3.63) is 60.2 Å². The Morgan fingerprint density at radius 2 is 1.63 bits per heavy atom. The molecule has 27 heavy (non-hydrogen) atoms. The van der Waals surface area contributed by atoms with Crippen molar-refractivity contribution >= 4 is 23.3 Å². The van der Waals surface area contributed by atoms with Crippen LogP contribution in [-0.4, -0.2) is 31.6 Å². The lowest BCUT2D eigenvalue weighted by Crippen LogP contribution is -2.28. The first-order valence-corrected chi connectivity index (χ1v) is 9.55. The Balaban J connectivity index is 1.29. The highest BCUT2D eigenvalue weighted by Gasteiger charge is 2.52. The van der Waals surface area contributed by atoms with E-state index >= 15 is 0 Å². The molecular weight excluding hydrogens is 340 g/mol. The fourth-order valence-corrected chi connectivity index (χ4v) is 3.69. The molecule has 1 N–H and O–H groups in total. The molecule has 1 aliphatic heterocycles. The highest BCUT2D eigenvalue weighted by atomic mass is 16.5. The van der Waals surface area contributed by atoms with Crippen LogP contribution >= 0.6 is 0 Å². The molecule has 4 rings (SSSR count). The summed E-state index contributed by atoms with van der Waals surface area (Å²) in [6, 6.07) is 17.4. The molecule has 0 aromatic heterocycles. The summed E-state index contributed by atoms with van der Waals surface area (Å²) in [5, 5.41) is 2.79. The number of carbonyl (C=O) groups is 2. The third-order valence-electron chi connectivity index (χ3n) is 5.42. The lowest BCUT2D eigenvalue weighted by atomic mass is 9.96. The fraction of sp³-hybridized carbons (Fsp3) is 0.364. The van der Waals surface area contributed by atoms with Gasteiger partial charge in [0.15, 0.2) is 6.61 Å². The van der Waals surface area contributed by atoms with E-state index in [1.165, 1.54) is 18.5 Å². The van der Waals surface area contributed by atoms with Gasteiger partial charge in [0.2, 0.25) is 0 Å². The normalized spacial score (nSPS) is 17.4. The molecule has 0 radical (unpaired) electrons. The van der Waals surface area contributed by atoms with Gasteiger partial charge in [0.25, 0.3) is 5.91 Å². The molecule has 2 aliphatic rings. The number of ether oxygens (including phenoxy) is 1. The highest BCUT2D eigenvalue weighted by molar-refractivity contribution is 5.94. The van der Waals surface area contributed by atoms with Crippen LogP contribution in [0.3, 0.4) is 0 Å². The molecule has 0 spiro atoms. The number of hydrogen-bond acceptors (Lipinski definition) is 4. The molecule has 140 valence electrons. The predicted molar refractivity (Wildman–Crippen MR) is 105 cm³/mol. The van der Waals surface area contributed by atoms with E-state index in [1.54, 1.807) is 0 Å². The minimum Gasteiger partial charge on any atom is -0.455 e. The highest BCUT2D eigenvalue weighted by Crippen LogP contribution is 2.49. The molecule has 5 nitrogen and oxygen atoms in total. The molecule has 1 amide bonds. The third-order valence-corrected chi connectivity index (χ3v) is 5.42. The van der Waals surface area contributed by atoms with Crippen LogP contribution in [0, 0.1) is 0 Å². The third kappa shape index (κ3) is 3.82. The van der Waals surface area contributed by atoms with Gasteiger partial charge in [-0.05, 0) is 55.5 Å². The van der Waals surface area contributed by atoms with Gasteiger partial charge in [-0.2, -0.15) is 0 Å². The summed E-state index contributed by atoms with van der Waals surface area (Å²) in [6.07, 6.45) is 4.01. The molecule has 0 unspecified atom stereocenters. The molecule has 0 atom stereocenters. The summed E-state index contributed by atoms with van der Waals surface area (Å²) in [6.45, 7) is 1.91. The minimum absolute atomic E-state index is 0.263. The lowest BCUT2D eigenvalue weighted by Gasteiger charge is -2.18. The maximum atomic E-state index is 12.5. The van der Waals surface area contributed by atoms with Crippen LogP contribution < -0.4 is 10.2 Å². The summed E-state index contributed by atoms with van der Waals surface area (Å²) in [5.41, 5.74) is 2.30. The second-order valence-electron chi connectivity index (χ2n) is 7.31. The van der Waals surface area contributed by atoms with Crippen molar-refractivity contribution in [2.75, 3.05) is 29.9 Å². The van der Waals surface area contributed by atoms with Crippen molar-refractivity contribution in [1.29, 1.82) is 0 Å². The van der Waals surface area contributed by atoms with Crippen LogP contribution in [0.4, 0.5) is 11.4 Å². The molecule has 1 saturated carbocycles. The number of carbonyl (C=O) groups excluding carboxylic acids is 2. The number of nitrogens with zero attached hydrogens (tertiary/aromatic N) is 1. The zero-order valence-corrected chi connectivity index (χ0v) is 15.3. The molecule has 1 aliphatic carbocycles. The van der Waals surface area contributed by atoms with Gasteiger partial charge in [0, 0.05) is 24.5 Å². The molecule has 2 fully saturated rings. The van der Waals surface area contributed by atoms with Gasteiger partial charge in [0.05, 0.1) is 5.41 Å². The maximum absolute atomic E-state index is 12.5. The topological polar surface area (TPSA) is 58.6 Å². The molecule has 5 heteroatoms. The van der Waals surface area contributed by atoms with E-state index in [0.29, 0.717) is 5.69 Å². The Labute approximate surface area is 159 Å². The Morgan fingerprint density at radius 1 is 0.963 bits per heavy atom. The zero-order chi connectivity index (χ0) is 18.7. The van der Waals surface area contributed by atoms with Crippen molar-refractivity contribution in [3.63, 3.8) is 0 Å². The van der Waals surface area contributed by atoms with Gasteiger partial charge < -0.3 is 15.0 Å². The van der Waals surface area contributed by atoms with Gasteiger partial charge in [0.1, 0.15) is 0 Å². The van der Waals surface area contributed by atoms with E-state index in [9.17, 15) is 9.59 Å². The van der Waals surface area contributed by atoms with E-state index in [2.05, 4.69) is 10.2 Å². The Kier molecular flexibility index (Phi) is 4.84. The van der Waals surface area contributed by atoms with Crippen molar-refractivity contribution in [2.24, 2.45) is 0 Å². The van der Waals surface area contributed by atoms with Crippen LogP contribution in [0.2, 0.25) is 0 Å². The quantitative estimate of drug-likeness (QED) is 0.797. The number of amides is 1. The number of rotatable bonds is 6. The molecular formula is C22H24N2O3. The summed E-state index contributed by atoms with van der Waals surface area (Å²) >= 11 is 0. The second-order valence-corrected chi connectivity index (χ2v) is 7.31. The molecule has 2 aromatic carbocycles. The first-order valence-electron chi connectivity index (χ1n) is 9.55. The number of esters is 1. The van der Waals surface area contributed by atoms with E-state index in [0.717, 1.165) is 31.5 Å². The number of benzene rings is 2. The van der Waals surface area contributed by atoms with Gasteiger partial charge in [-0.3, -0.25) is 9.59 Å². The monoisotopic (exact) mass is 364 g/mol. The predicted octanol–water partition coefficient (Wildman–Crippen LogP) is 3.50. The van der Waals surface area contributed by atoms with Crippen molar-refractivity contribution in [3.8, 4) is 0 Å². The van der Waals surface area contributed by atoms with E-state index in [-0.39, 0.29) is 18.5 Å². The first kappa shape index (κ1) is 17.6. The van der Waals surface area contributed by atoms with Gasteiger partial charge in [-0.25, -0.2) is 0 Å². The lowest BCUT2D eigenvalue weighted by molar-refractivity contribution is -0.150. The summed E-state index contributed by atoms with van der Waals surface area (Å²) in [5.74, 6) is -0.630. The van der Waals surface area contributed by atoms with Gasteiger partial charge >= 0.3 is 5.97 Å². The smallest absolute Gasteiger partial charge is 0.317 e. The Hall–Kier alpha value is -2.82. The van der Waals surface area contributed by atoms with Crippen LogP contribution in [0.1, 0.15) is 31.2 Å². The standard InChI is InChI=1S/C22H24N2O3/c25-20(23-18-8-10-19(11-9-18)24-14-4-5-15-24)16-27-21(26)22(12-13-22)17-6-2-1-3-7-17/h1-3,6-11H,4-5,12-16H2,(H,23,25). The van der Waals surface area contributed by atoms with Crippen molar-refractivity contribution < 1.29 is 14.3 Å². The Morgan fingerprint density at radius 3 is 2.26 bits per heavy atom. The number of nitrogens with one attached hydrogen (secondary N) is 1. The number of anilines is 2. The van der Waals surface area contributed by atoms with Crippen LogP contribution in [0.5, 0.6) is 0 Å². The zero-order valence-electron chi connectivity index (χ0n) is 15.3. The van der Waals surface area contributed by atoms with Gasteiger partial charge in [-0.1, -0.05) is 30.3 Å². The van der Waals surface area contributed by atoms with Crippen LogP contribution in [-0.2, 0) is 19.7 Å². The molecule has 0 bridgehead atoms. The Bertz CT molecular complexity index is 807. The van der Waals surface area contributed by atoms with E-state index < -0.39 is 5.41 Å². The summed E-state index contributed by atoms with van der Waals surface area (Å²) in [7, 11) is 0. The van der Waals surface area contributed by atoms with Crippen LogP contribution in [0.15, 0.2) is 54.6 Å².